The summed E-state index contributed by atoms with van der Waals surface area (Å²) in [6.45, 7) is 4.60. The number of aliphatic hydroxyl groups excluding tert-OH is 1. The maximum Gasteiger partial charge on any atom is 0.298 e. The molecule has 27 heavy (non-hydrogen) atoms. The fourth-order valence-electron chi connectivity index (χ4n) is 3.98. The monoisotopic (exact) mass is 389 g/mol. The molecule has 0 radical (unpaired) electrons. The molecule has 1 aromatic rings. The Morgan fingerprint density at radius 1 is 1.56 bits per heavy atom. The van der Waals surface area contributed by atoms with Crippen LogP contribution in [0.5, 0.6) is 0 Å². The molecule has 4 rings (SSSR count). The number of nitriles is 1. The molecule has 0 aromatic carbocycles. The van der Waals surface area contributed by atoms with Crippen LogP contribution in [0.25, 0.3) is 0 Å². The number of aromatic nitrogens is 1. The van der Waals surface area contributed by atoms with Crippen molar-refractivity contribution in [1.29, 1.82) is 5.26 Å². The number of anilines is 1. The number of hydrogen-bond acceptors (Lipinski definition) is 9. The lowest BCUT2D eigenvalue weighted by atomic mass is 9.79. The molecule has 142 valence electrons. The fraction of sp³-hybridized carbons (Fsp3) is 0.529. The number of carbonyl (C=O) groups is 2. The van der Waals surface area contributed by atoms with Gasteiger partial charge in [-0.25, -0.2) is 0 Å². The van der Waals surface area contributed by atoms with Crippen molar-refractivity contribution in [2.45, 2.75) is 31.2 Å². The van der Waals surface area contributed by atoms with E-state index in [2.05, 4.69) is 4.98 Å². The van der Waals surface area contributed by atoms with Gasteiger partial charge < -0.3 is 29.2 Å². The summed E-state index contributed by atoms with van der Waals surface area (Å²) in [6, 6.07) is 1.93. The zero-order chi connectivity index (χ0) is 19.5. The molecule has 9 nitrogen and oxygen atoms in total. The average Bonchev–Trinajstić information content (AvgIpc) is 3.12. The van der Waals surface area contributed by atoms with Crippen LogP contribution in [0.2, 0.25) is 0 Å². The third kappa shape index (κ3) is 2.61. The number of aliphatic hydroxyl groups is 1. The number of nitrogens with zero attached hydrogens (tertiary/aromatic N) is 4. The molecule has 0 saturated carbocycles. The first-order valence-electron chi connectivity index (χ1n) is 8.57. The van der Waals surface area contributed by atoms with Crippen molar-refractivity contribution >= 4 is 29.7 Å². The van der Waals surface area contributed by atoms with Crippen LogP contribution in [-0.2, 0) is 9.59 Å². The molecule has 10 heteroatoms. The SMILES string of the molecule is C[C@@H](O)[C@H]1C(=O)N2C(C(=O)[O-])=C(SC3CN(c4nc(C#N)co4)C3)[C@H](C)[C@H]12. The van der Waals surface area contributed by atoms with E-state index in [0.29, 0.717) is 24.0 Å². The van der Waals surface area contributed by atoms with E-state index in [0.717, 1.165) is 0 Å². The van der Waals surface area contributed by atoms with Crippen molar-refractivity contribution in [2.75, 3.05) is 18.0 Å². The predicted molar refractivity (Wildman–Crippen MR) is 91.8 cm³/mol. The first-order valence-corrected chi connectivity index (χ1v) is 9.45. The summed E-state index contributed by atoms with van der Waals surface area (Å²) >= 11 is 1.42. The lowest BCUT2D eigenvalue weighted by Crippen LogP contribution is -2.64. The Morgan fingerprint density at radius 2 is 2.26 bits per heavy atom. The van der Waals surface area contributed by atoms with Gasteiger partial charge in [0.1, 0.15) is 12.3 Å². The number of hydrogen-bond donors (Lipinski definition) is 1. The molecule has 1 aromatic heterocycles. The van der Waals surface area contributed by atoms with Crippen molar-refractivity contribution in [2.24, 2.45) is 11.8 Å². The predicted octanol–water partition coefficient (Wildman–Crippen LogP) is -0.713. The minimum atomic E-state index is -1.37. The van der Waals surface area contributed by atoms with Crippen molar-refractivity contribution in [3.05, 3.63) is 22.6 Å². The number of fused-ring (bicyclic) bond motifs is 1. The third-order valence-corrected chi connectivity index (χ3v) is 6.77. The summed E-state index contributed by atoms with van der Waals surface area (Å²) in [5, 5.41) is 30.4. The number of amides is 1. The molecule has 0 spiro atoms. The number of oxazole rings is 1. The second-order valence-electron chi connectivity index (χ2n) is 7.03. The Morgan fingerprint density at radius 3 is 2.81 bits per heavy atom. The van der Waals surface area contributed by atoms with Gasteiger partial charge >= 0.3 is 0 Å². The van der Waals surface area contributed by atoms with Crippen LogP contribution in [0.4, 0.5) is 6.01 Å². The van der Waals surface area contributed by atoms with Gasteiger partial charge in [-0.15, -0.1) is 11.8 Å². The molecule has 4 heterocycles. The van der Waals surface area contributed by atoms with Crippen LogP contribution in [0.1, 0.15) is 19.5 Å². The van der Waals surface area contributed by atoms with Gasteiger partial charge in [0.25, 0.3) is 6.01 Å². The molecule has 1 N–H and O–H groups in total. The lowest BCUT2D eigenvalue weighted by molar-refractivity contribution is -0.301. The van der Waals surface area contributed by atoms with E-state index in [1.165, 1.54) is 22.9 Å². The van der Waals surface area contributed by atoms with Crippen molar-refractivity contribution in [1.82, 2.24) is 9.88 Å². The molecular weight excluding hydrogens is 372 g/mol. The maximum atomic E-state index is 12.3. The van der Waals surface area contributed by atoms with Gasteiger partial charge in [0.2, 0.25) is 5.91 Å². The minimum absolute atomic E-state index is 0.0688. The molecule has 2 fully saturated rings. The zero-order valence-corrected chi connectivity index (χ0v) is 15.5. The number of β-lactam (4-membered cyclic amide) rings is 1. The largest absolute Gasteiger partial charge is 0.543 e. The highest BCUT2D eigenvalue weighted by Gasteiger charge is 2.59. The normalized spacial score (nSPS) is 28.5. The van der Waals surface area contributed by atoms with Crippen molar-refractivity contribution in [3.8, 4) is 6.07 Å². The van der Waals surface area contributed by atoms with Crippen LogP contribution < -0.4 is 10.0 Å². The molecule has 3 aliphatic heterocycles. The van der Waals surface area contributed by atoms with E-state index in [-0.39, 0.29) is 34.5 Å². The smallest absolute Gasteiger partial charge is 0.298 e. The number of thioether (sulfide) groups is 1. The molecule has 1 amide bonds. The summed E-state index contributed by atoms with van der Waals surface area (Å²) in [4.78, 5) is 31.8. The van der Waals surface area contributed by atoms with Crippen LogP contribution in [0.3, 0.4) is 0 Å². The number of carboxylic acids is 1. The Kier molecular flexibility index (Phi) is 4.16. The summed E-state index contributed by atoms with van der Waals surface area (Å²) in [5.41, 5.74) is 0.139. The topological polar surface area (TPSA) is 134 Å². The van der Waals surface area contributed by atoms with Gasteiger partial charge in [0.15, 0.2) is 5.69 Å². The van der Waals surface area contributed by atoms with Crippen LogP contribution >= 0.6 is 11.8 Å². The first kappa shape index (κ1) is 17.9. The van der Waals surface area contributed by atoms with E-state index in [1.54, 1.807) is 6.92 Å². The highest BCUT2D eigenvalue weighted by Crippen LogP contribution is 2.51. The maximum absolute atomic E-state index is 12.3. The van der Waals surface area contributed by atoms with Crippen LogP contribution in [-0.4, -0.2) is 57.4 Å². The van der Waals surface area contributed by atoms with Gasteiger partial charge in [0, 0.05) is 29.2 Å². The molecule has 0 bridgehead atoms. The number of aliphatic carboxylic acids is 1. The number of rotatable bonds is 5. The average molecular weight is 389 g/mol. The molecule has 0 unspecified atom stereocenters. The van der Waals surface area contributed by atoms with Crippen molar-refractivity contribution < 1.29 is 24.2 Å². The highest BCUT2D eigenvalue weighted by molar-refractivity contribution is 8.03. The van der Waals surface area contributed by atoms with E-state index in [1.807, 2.05) is 17.9 Å². The van der Waals surface area contributed by atoms with Crippen molar-refractivity contribution in [3.63, 3.8) is 0 Å². The Hall–Kier alpha value is -2.51. The second kappa shape index (κ2) is 6.28. The van der Waals surface area contributed by atoms with Gasteiger partial charge in [-0.3, -0.25) is 4.79 Å². The van der Waals surface area contributed by atoms with Crippen LogP contribution in [0, 0.1) is 23.2 Å². The molecule has 3 aliphatic rings. The summed E-state index contributed by atoms with van der Waals surface area (Å²) < 4.78 is 5.24. The van der Waals surface area contributed by atoms with Gasteiger partial charge in [-0.2, -0.15) is 10.2 Å². The summed E-state index contributed by atoms with van der Waals surface area (Å²) in [7, 11) is 0. The van der Waals surface area contributed by atoms with Crippen LogP contribution in [0.15, 0.2) is 21.3 Å². The minimum Gasteiger partial charge on any atom is -0.543 e. The Balaban J connectivity index is 1.48. The van der Waals surface area contributed by atoms with Gasteiger partial charge in [-0.05, 0) is 6.92 Å². The van der Waals surface area contributed by atoms with E-state index in [4.69, 9.17) is 9.68 Å². The Labute approximate surface area is 159 Å². The lowest BCUT2D eigenvalue weighted by Gasteiger charge is -2.47. The third-order valence-electron chi connectivity index (χ3n) is 5.32. The quantitative estimate of drug-likeness (QED) is 0.648. The molecular formula is C17H17N4O5S-. The molecule has 4 atom stereocenters. The zero-order valence-electron chi connectivity index (χ0n) is 14.7. The number of carbonyl (C=O) groups excluding carboxylic acids is 2. The summed E-state index contributed by atoms with van der Waals surface area (Å²) in [6.07, 6.45) is 0.463. The van der Waals surface area contributed by atoms with Gasteiger partial charge in [0.05, 0.1) is 29.7 Å². The van der Waals surface area contributed by atoms with Gasteiger partial charge in [-0.1, -0.05) is 6.92 Å². The summed E-state index contributed by atoms with van der Waals surface area (Å²) in [5.74, 6) is -2.49. The fourth-order valence-corrected chi connectivity index (χ4v) is 5.49. The number of carboxylic acid groups (broad SMARTS) is 1. The standard InChI is InChI=1S/C17H18N4O5S/c1-7-12-11(8(2)22)15(23)21(12)13(16(24)25)14(7)27-10-4-20(5-10)17-19-9(3-18)6-26-17/h6-8,10-12,22H,4-5H2,1-2H3,(H,24,25)/p-1/t7-,8-,11-,12-/m1/s1. The van der Waals surface area contributed by atoms with E-state index >= 15 is 0 Å². The molecule has 2 saturated heterocycles. The van der Waals surface area contributed by atoms with E-state index < -0.39 is 18.0 Å². The Bertz CT molecular complexity index is 882. The highest BCUT2D eigenvalue weighted by atomic mass is 32.2. The molecule has 0 aliphatic carbocycles. The first-order chi connectivity index (χ1) is 12.8. The van der Waals surface area contributed by atoms with E-state index in [9.17, 15) is 19.8 Å². The second-order valence-corrected chi connectivity index (χ2v) is 8.37.